The average Bonchev–Trinajstić information content (AvgIpc) is 3.24. The van der Waals surface area contributed by atoms with Crippen LogP contribution < -0.4 is 15.4 Å². The molecule has 1 saturated heterocycles. The molecule has 2 aromatic rings. The monoisotopic (exact) mass is 460 g/mol. The number of amides is 2. The topological polar surface area (TPSA) is 141 Å². The summed E-state index contributed by atoms with van der Waals surface area (Å²) in [6.07, 6.45) is 2.61. The molecule has 162 valence electrons. The van der Waals surface area contributed by atoms with Crippen molar-refractivity contribution in [3.8, 4) is 11.3 Å². The molecule has 31 heavy (non-hydrogen) atoms. The van der Waals surface area contributed by atoms with Crippen molar-refractivity contribution in [1.29, 1.82) is 0 Å². The van der Waals surface area contributed by atoms with Gasteiger partial charge in [-0.15, -0.1) is 11.3 Å². The third kappa shape index (κ3) is 3.73. The van der Waals surface area contributed by atoms with Crippen molar-refractivity contribution in [2.75, 3.05) is 0 Å². The molecular weight excluding hydrogens is 440 g/mol. The molecule has 4 rings (SSSR count). The van der Waals surface area contributed by atoms with E-state index in [1.54, 1.807) is 17.0 Å². The van der Waals surface area contributed by atoms with Crippen molar-refractivity contribution in [3.05, 3.63) is 40.5 Å². The summed E-state index contributed by atoms with van der Waals surface area (Å²) >= 11 is 2.57. The molecule has 2 amide bonds. The van der Waals surface area contributed by atoms with Gasteiger partial charge in [-0.2, -0.15) is 4.57 Å². The van der Waals surface area contributed by atoms with Crippen molar-refractivity contribution in [3.63, 3.8) is 0 Å². The average molecular weight is 461 g/mol. The summed E-state index contributed by atoms with van der Waals surface area (Å²) in [7, 11) is 0. The number of pyridine rings is 1. The summed E-state index contributed by atoms with van der Waals surface area (Å²) in [4.78, 5) is 41.6. The number of thioether (sulfide) groups is 1. The summed E-state index contributed by atoms with van der Waals surface area (Å²) in [6.45, 7) is 3.47. The fourth-order valence-corrected chi connectivity index (χ4v) is 6.19. The van der Waals surface area contributed by atoms with Crippen LogP contribution >= 0.6 is 23.1 Å². The number of fused-ring (bicyclic) bond motifs is 1. The van der Waals surface area contributed by atoms with Gasteiger partial charge in [0.05, 0.1) is 35.4 Å². The van der Waals surface area contributed by atoms with Crippen LogP contribution in [-0.4, -0.2) is 44.9 Å². The first-order valence-electron chi connectivity index (χ1n) is 9.56. The zero-order valence-corrected chi connectivity index (χ0v) is 18.4. The highest BCUT2D eigenvalue weighted by Gasteiger charge is 2.58. The molecule has 4 atom stereocenters. The number of β-lactam (4-membered cyclic amide) rings is 1. The van der Waals surface area contributed by atoms with Gasteiger partial charge in [-0.1, -0.05) is 18.7 Å². The van der Waals surface area contributed by atoms with E-state index in [2.05, 4.69) is 4.98 Å². The first-order chi connectivity index (χ1) is 14.7. The lowest BCUT2D eigenvalue weighted by molar-refractivity contribution is -0.684. The van der Waals surface area contributed by atoms with E-state index >= 15 is 0 Å². The van der Waals surface area contributed by atoms with Crippen LogP contribution in [0, 0.1) is 11.8 Å². The van der Waals surface area contributed by atoms with E-state index < -0.39 is 35.8 Å². The molecule has 0 spiro atoms. The lowest BCUT2D eigenvalue weighted by atomic mass is 9.79. The maximum absolute atomic E-state index is 12.4. The van der Waals surface area contributed by atoms with Gasteiger partial charge in [0.25, 0.3) is 5.91 Å². The summed E-state index contributed by atoms with van der Waals surface area (Å²) in [6, 6.07) is 3.24. The number of carbonyl (C=O) groups excluding carboxylic acids is 3. The van der Waals surface area contributed by atoms with Crippen LogP contribution in [0.2, 0.25) is 0 Å². The quantitative estimate of drug-likeness (QED) is 0.419. The molecule has 11 heteroatoms. The number of primary amides is 1. The summed E-state index contributed by atoms with van der Waals surface area (Å²) < 4.78 is 2.29. The number of aromatic nitrogens is 2. The fourth-order valence-electron chi connectivity index (χ4n) is 4.09. The van der Waals surface area contributed by atoms with E-state index in [1.165, 1.54) is 34.9 Å². The Morgan fingerprint density at radius 2 is 2.10 bits per heavy atom. The molecule has 0 unspecified atom stereocenters. The van der Waals surface area contributed by atoms with Crippen molar-refractivity contribution in [1.82, 2.24) is 9.88 Å². The number of aliphatic carboxylic acids is 1. The molecule has 2 aliphatic heterocycles. The number of hydrogen-bond donors (Lipinski definition) is 2. The number of thiazole rings is 1. The Balaban J connectivity index is 1.57. The second-order valence-electron chi connectivity index (χ2n) is 7.58. The van der Waals surface area contributed by atoms with Gasteiger partial charge < -0.3 is 25.6 Å². The molecule has 0 aromatic carbocycles. The minimum atomic E-state index is -1.41. The molecule has 1 fully saturated rings. The van der Waals surface area contributed by atoms with Gasteiger partial charge in [-0.25, -0.2) is 4.98 Å². The number of aliphatic hydroxyl groups is 1. The number of carbonyl (C=O) groups is 3. The smallest absolute Gasteiger partial charge is 0.283 e. The molecule has 4 heterocycles. The Kier molecular flexibility index (Phi) is 5.58. The predicted octanol–water partition coefficient (Wildman–Crippen LogP) is -0.506. The third-order valence-electron chi connectivity index (χ3n) is 5.51. The van der Waals surface area contributed by atoms with E-state index in [-0.39, 0.29) is 18.2 Å². The number of nitrogens with two attached hydrogens (primary N) is 1. The Morgan fingerprint density at radius 3 is 2.68 bits per heavy atom. The molecule has 3 N–H and O–H groups in total. The Labute approximate surface area is 186 Å². The first kappa shape index (κ1) is 21.5. The standard InChI is InChI=1S/C20H20N4O5S2/c1-9-15-14(10(2)25)18(27)24(15)16(19(28)29)17(9)31-20-22-12(8-30-20)11-3-5-23(6-4-11)7-13(21)26/h3-6,8-10,14-15,25H,7H2,1-2H3,(H2-,21,26,28,29)/t9-,10+,14-,15-/m1/s1. The summed E-state index contributed by atoms with van der Waals surface area (Å²) in [5, 5.41) is 23.6. The van der Waals surface area contributed by atoms with Crippen molar-refractivity contribution in [2.24, 2.45) is 17.6 Å². The van der Waals surface area contributed by atoms with Crippen LogP contribution in [0.15, 0.2) is 44.8 Å². The summed E-state index contributed by atoms with van der Waals surface area (Å²) in [5.41, 5.74) is 6.61. The SMILES string of the molecule is C[C@H](O)[C@H]1C(=O)N2C(C(=O)[O-])=C(Sc3nc(-c4cc[n+](CC(N)=O)cc4)cs3)[C@H](C)[C@H]12. The van der Waals surface area contributed by atoms with Crippen molar-refractivity contribution >= 4 is 40.9 Å². The first-order valence-corrected chi connectivity index (χ1v) is 11.3. The highest BCUT2D eigenvalue weighted by Crippen LogP contribution is 2.52. The Hall–Kier alpha value is -2.76. The number of aliphatic hydroxyl groups excluding tert-OH is 1. The van der Waals surface area contributed by atoms with Gasteiger partial charge >= 0.3 is 0 Å². The number of hydrogen-bond acceptors (Lipinski definition) is 8. The van der Waals surface area contributed by atoms with Gasteiger partial charge in [0.15, 0.2) is 16.7 Å². The lowest BCUT2D eigenvalue weighted by Gasteiger charge is -2.47. The van der Waals surface area contributed by atoms with E-state index in [0.717, 1.165) is 5.56 Å². The van der Waals surface area contributed by atoms with Crippen LogP contribution in [0.25, 0.3) is 11.3 Å². The van der Waals surface area contributed by atoms with Gasteiger partial charge in [-0.3, -0.25) is 9.59 Å². The number of carboxylic acid groups (broad SMARTS) is 1. The van der Waals surface area contributed by atoms with Gasteiger partial charge in [0.1, 0.15) is 0 Å². The molecule has 0 radical (unpaired) electrons. The van der Waals surface area contributed by atoms with Crippen molar-refractivity contribution in [2.45, 2.75) is 36.9 Å². The summed E-state index contributed by atoms with van der Waals surface area (Å²) in [5.74, 6) is -3.12. The second kappa shape index (κ2) is 8.06. The number of carboxylic acids is 1. The number of nitrogens with zero attached hydrogens (tertiary/aromatic N) is 3. The van der Waals surface area contributed by atoms with E-state index in [4.69, 9.17) is 5.73 Å². The van der Waals surface area contributed by atoms with E-state index in [1.807, 2.05) is 24.4 Å². The van der Waals surface area contributed by atoms with Crippen LogP contribution in [-0.2, 0) is 20.9 Å². The third-order valence-corrected chi connectivity index (χ3v) is 7.73. The van der Waals surface area contributed by atoms with Gasteiger partial charge in [-0.05, 0) is 6.92 Å². The van der Waals surface area contributed by atoms with E-state index in [9.17, 15) is 24.6 Å². The second-order valence-corrected chi connectivity index (χ2v) is 9.73. The molecule has 0 saturated carbocycles. The van der Waals surface area contributed by atoms with E-state index in [0.29, 0.717) is 14.9 Å². The van der Waals surface area contributed by atoms with Gasteiger partial charge in [0.2, 0.25) is 12.5 Å². The minimum Gasteiger partial charge on any atom is -0.543 e. The molecule has 9 nitrogen and oxygen atoms in total. The molecule has 0 aliphatic carbocycles. The zero-order valence-electron chi connectivity index (χ0n) is 16.7. The molecule has 0 bridgehead atoms. The zero-order chi connectivity index (χ0) is 22.4. The minimum absolute atomic E-state index is 0.0837. The number of rotatable bonds is 7. The highest BCUT2D eigenvalue weighted by atomic mass is 32.2. The maximum Gasteiger partial charge on any atom is 0.283 e. The highest BCUT2D eigenvalue weighted by molar-refractivity contribution is 8.04. The molecular formula is C20H20N4O5S2. The van der Waals surface area contributed by atoms with Crippen LogP contribution in [0.3, 0.4) is 0 Å². The largest absolute Gasteiger partial charge is 0.543 e. The fraction of sp³-hybridized carbons (Fsp3) is 0.350. The normalized spacial score (nSPS) is 23.5. The van der Waals surface area contributed by atoms with Crippen LogP contribution in [0.4, 0.5) is 0 Å². The van der Waals surface area contributed by atoms with Crippen LogP contribution in [0.1, 0.15) is 13.8 Å². The van der Waals surface area contributed by atoms with Crippen LogP contribution in [0.5, 0.6) is 0 Å². The van der Waals surface area contributed by atoms with Gasteiger partial charge in [0, 0.05) is 33.9 Å². The Morgan fingerprint density at radius 1 is 1.42 bits per heavy atom. The Bertz CT molecular complexity index is 1100. The lowest BCUT2D eigenvalue weighted by Crippen LogP contribution is -2.64. The maximum atomic E-state index is 12.4. The molecule has 2 aromatic heterocycles. The predicted molar refractivity (Wildman–Crippen MR) is 110 cm³/mol. The molecule has 2 aliphatic rings. The van der Waals surface area contributed by atoms with Crippen molar-refractivity contribution < 1.29 is 29.2 Å².